The first-order valence-electron chi connectivity index (χ1n) is 5.16. The van der Waals surface area contributed by atoms with Crippen LogP contribution in [-0.4, -0.2) is 16.7 Å². The van der Waals surface area contributed by atoms with Gasteiger partial charge in [-0.1, -0.05) is 47.4 Å². The first kappa shape index (κ1) is 11.5. The topological polar surface area (TPSA) is 38.1 Å². The zero-order valence-electron chi connectivity index (χ0n) is 9.56. The van der Waals surface area contributed by atoms with Crippen LogP contribution in [0.15, 0.2) is 21.4 Å². The Morgan fingerprint density at radius 3 is 2.50 bits per heavy atom. The van der Waals surface area contributed by atoms with Crippen LogP contribution in [0, 0.1) is 0 Å². The Bertz CT molecular complexity index is 812. The van der Waals surface area contributed by atoms with E-state index in [-0.39, 0.29) is 0 Å². The summed E-state index contributed by atoms with van der Waals surface area (Å²) in [4.78, 5) is 14.9. The third-order valence-electron chi connectivity index (χ3n) is 2.80. The van der Waals surface area contributed by atoms with E-state index in [1.54, 1.807) is 27.7 Å². The van der Waals surface area contributed by atoms with Gasteiger partial charge in [0.1, 0.15) is 0 Å². The average molecular weight is 271 g/mol. The van der Waals surface area contributed by atoms with E-state index in [9.17, 15) is 0 Å². The maximum absolute atomic E-state index is 4.42. The molecule has 0 N–H and O–H groups in total. The van der Waals surface area contributed by atoms with Crippen molar-refractivity contribution >= 4 is 64.4 Å². The Morgan fingerprint density at radius 2 is 1.83 bits per heavy atom. The van der Waals surface area contributed by atoms with Crippen LogP contribution < -0.4 is 10.6 Å². The average Bonchev–Trinajstić information content (AvgIpc) is 2.81. The maximum Gasteiger partial charge on any atom is 0.164 e. The minimum Gasteiger partial charge on any atom is -0.244 e. The van der Waals surface area contributed by atoms with Crippen molar-refractivity contribution in [3.63, 3.8) is 0 Å². The zero-order valence-corrected chi connectivity index (χ0v) is 11.2. The van der Waals surface area contributed by atoms with Gasteiger partial charge < -0.3 is 0 Å². The van der Waals surface area contributed by atoms with Crippen molar-refractivity contribution in [1.82, 2.24) is 9.97 Å². The Kier molecular flexibility index (Phi) is 2.53. The molecular formula is C13H9N3S2. The second kappa shape index (κ2) is 3.96. The fourth-order valence-corrected chi connectivity index (χ4v) is 4.72. The van der Waals surface area contributed by atoms with Gasteiger partial charge in [0.15, 0.2) is 11.5 Å². The van der Waals surface area contributed by atoms with Crippen LogP contribution in [-0.2, 0) is 0 Å². The molecule has 3 heterocycles. The molecule has 0 unspecified atom stereocenters. The summed E-state index contributed by atoms with van der Waals surface area (Å²) in [6, 6.07) is 0. The highest BCUT2D eigenvalue weighted by Crippen LogP contribution is 2.52. The molecule has 0 bridgehead atoms. The van der Waals surface area contributed by atoms with Crippen molar-refractivity contribution in [2.75, 3.05) is 0 Å². The second-order valence-corrected chi connectivity index (χ2v) is 5.92. The maximum atomic E-state index is 4.42. The van der Waals surface area contributed by atoms with E-state index in [1.807, 2.05) is 0 Å². The molecule has 1 aliphatic heterocycles. The highest BCUT2D eigenvalue weighted by Gasteiger charge is 2.23. The van der Waals surface area contributed by atoms with Crippen molar-refractivity contribution in [2.24, 2.45) is 4.99 Å². The Morgan fingerprint density at radius 1 is 1.11 bits per heavy atom. The number of aromatic nitrogens is 2. The van der Waals surface area contributed by atoms with Gasteiger partial charge in [-0.15, -0.1) is 0 Å². The van der Waals surface area contributed by atoms with Crippen LogP contribution in [0.1, 0.15) is 5.56 Å². The van der Waals surface area contributed by atoms with E-state index in [2.05, 4.69) is 41.4 Å². The standard InChI is InChI=1S/C13H9N3S2/c1-5-8-11-9-10(17-18-11)6(2)7(3)15-13(9)16-12(8)14-4/h5H,1-4H2. The summed E-state index contributed by atoms with van der Waals surface area (Å²) >= 11 is 0. The van der Waals surface area contributed by atoms with Crippen molar-refractivity contribution in [3.05, 3.63) is 22.7 Å². The van der Waals surface area contributed by atoms with Crippen molar-refractivity contribution in [2.45, 2.75) is 9.79 Å². The molecule has 18 heavy (non-hydrogen) atoms. The van der Waals surface area contributed by atoms with Crippen LogP contribution in [0.3, 0.4) is 0 Å². The van der Waals surface area contributed by atoms with Gasteiger partial charge in [0, 0.05) is 26.0 Å². The normalized spacial score (nSPS) is 12.9. The summed E-state index contributed by atoms with van der Waals surface area (Å²) < 4.78 is 0. The molecule has 0 saturated carbocycles. The lowest BCUT2D eigenvalue weighted by Gasteiger charge is -2.06. The first-order chi connectivity index (χ1) is 8.67. The van der Waals surface area contributed by atoms with E-state index in [4.69, 9.17) is 0 Å². The third-order valence-corrected chi connectivity index (χ3v) is 5.34. The van der Waals surface area contributed by atoms with Crippen molar-refractivity contribution in [3.8, 4) is 0 Å². The largest absolute Gasteiger partial charge is 0.244 e. The van der Waals surface area contributed by atoms with E-state index < -0.39 is 0 Å². The fourth-order valence-electron chi connectivity index (χ4n) is 1.88. The van der Waals surface area contributed by atoms with Crippen LogP contribution in [0.4, 0.5) is 5.82 Å². The van der Waals surface area contributed by atoms with E-state index >= 15 is 0 Å². The molecule has 1 aliphatic rings. The first-order valence-corrected chi connectivity index (χ1v) is 7.31. The summed E-state index contributed by atoms with van der Waals surface area (Å²) in [5.74, 6) is 0.567. The quantitative estimate of drug-likeness (QED) is 0.621. The fraction of sp³-hybridized carbons (Fsp3) is 0. The molecule has 3 nitrogen and oxygen atoms in total. The minimum atomic E-state index is 0.567. The minimum absolute atomic E-state index is 0.567. The van der Waals surface area contributed by atoms with Gasteiger partial charge in [0.2, 0.25) is 0 Å². The number of rotatable bonds is 2. The molecule has 0 spiro atoms. The highest BCUT2D eigenvalue weighted by atomic mass is 33.1. The number of hydrogen-bond acceptors (Lipinski definition) is 5. The smallest absolute Gasteiger partial charge is 0.164 e. The van der Waals surface area contributed by atoms with Gasteiger partial charge in [0.25, 0.3) is 0 Å². The Balaban J connectivity index is 2.62. The van der Waals surface area contributed by atoms with Crippen LogP contribution in [0.5, 0.6) is 0 Å². The molecule has 0 radical (unpaired) electrons. The number of aliphatic imine (C=N–C) groups is 1. The van der Waals surface area contributed by atoms with Crippen molar-refractivity contribution < 1.29 is 0 Å². The number of pyridine rings is 2. The Labute approximate surface area is 112 Å². The predicted molar refractivity (Wildman–Crippen MR) is 80.8 cm³/mol. The molecule has 0 aromatic carbocycles. The molecule has 88 valence electrons. The van der Waals surface area contributed by atoms with Crippen molar-refractivity contribution in [1.29, 1.82) is 0 Å². The summed E-state index contributed by atoms with van der Waals surface area (Å²) in [5.41, 5.74) is 1.56. The molecule has 0 atom stereocenters. The zero-order chi connectivity index (χ0) is 12.9. The Hall–Kier alpha value is -1.59. The summed E-state index contributed by atoms with van der Waals surface area (Å²) in [6.45, 7) is 15.3. The summed E-state index contributed by atoms with van der Waals surface area (Å²) in [6.07, 6.45) is 1.76. The van der Waals surface area contributed by atoms with Crippen LogP contribution in [0.2, 0.25) is 0 Å². The lowest BCUT2D eigenvalue weighted by molar-refractivity contribution is 1.15. The van der Waals surface area contributed by atoms with Crippen LogP contribution in [0.25, 0.3) is 30.3 Å². The van der Waals surface area contributed by atoms with Gasteiger partial charge in [-0.25, -0.2) is 15.0 Å². The second-order valence-electron chi connectivity index (χ2n) is 3.77. The lowest BCUT2D eigenvalue weighted by atomic mass is 10.1. The van der Waals surface area contributed by atoms with Gasteiger partial charge in [-0.2, -0.15) is 0 Å². The van der Waals surface area contributed by atoms with Crippen LogP contribution >= 0.6 is 21.6 Å². The van der Waals surface area contributed by atoms with Gasteiger partial charge in [-0.3, -0.25) is 0 Å². The SMILES string of the molecule is C=Cc1c(N=C)nc2nc(=C)c(=C)c3c2c1SS3. The predicted octanol–water partition coefficient (Wildman–Crippen LogP) is 2.54. The van der Waals surface area contributed by atoms with E-state index in [0.29, 0.717) is 16.8 Å². The number of hydrogen-bond donors (Lipinski definition) is 0. The molecule has 5 heteroatoms. The third kappa shape index (κ3) is 1.38. The van der Waals surface area contributed by atoms with E-state index in [1.165, 1.54) is 0 Å². The molecular weight excluding hydrogens is 262 g/mol. The lowest BCUT2D eigenvalue weighted by Crippen LogP contribution is -2.27. The molecule has 0 fully saturated rings. The monoisotopic (exact) mass is 271 g/mol. The highest BCUT2D eigenvalue weighted by molar-refractivity contribution is 8.77. The molecule has 2 aromatic heterocycles. The molecule has 0 saturated heterocycles. The molecule has 2 aromatic rings. The summed E-state index contributed by atoms with van der Waals surface area (Å²) in [5, 5.41) is 2.56. The molecule has 0 aliphatic carbocycles. The van der Waals surface area contributed by atoms with Gasteiger partial charge in [0.05, 0.1) is 5.35 Å². The van der Waals surface area contributed by atoms with Gasteiger partial charge >= 0.3 is 0 Å². The van der Waals surface area contributed by atoms with E-state index in [0.717, 1.165) is 26.0 Å². The molecule has 0 amide bonds. The molecule has 3 rings (SSSR count). The van der Waals surface area contributed by atoms with Gasteiger partial charge in [-0.05, 0) is 6.72 Å². The summed E-state index contributed by atoms with van der Waals surface area (Å²) in [7, 11) is 3.32. The number of nitrogens with zero attached hydrogens (tertiary/aromatic N) is 3.